The first kappa shape index (κ1) is 12.0. The molecule has 0 amide bonds. The number of hydrogen-bond acceptors (Lipinski definition) is 3. The highest BCUT2D eigenvalue weighted by Gasteiger charge is 2.21. The lowest BCUT2D eigenvalue weighted by atomic mass is 10.2. The highest BCUT2D eigenvalue weighted by atomic mass is 16.5. The third kappa shape index (κ3) is 3.95. The summed E-state index contributed by atoms with van der Waals surface area (Å²) in [5, 5.41) is 3.48. The molecule has 0 aliphatic carbocycles. The average Bonchev–Trinajstić information content (AvgIpc) is 2.17. The summed E-state index contributed by atoms with van der Waals surface area (Å²) >= 11 is 0. The number of morpholine rings is 1. The van der Waals surface area contributed by atoms with Gasteiger partial charge < -0.3 is 10.1 Å². The van der Waals surface area contributed by atoms with Crippen molar-refractivity contribution in [3.63, 3.8) is 0 Å². The largest absolute Gasteiger partial charge is 0.378 e. The summed E-state index contributed by atoms with van der Waals surface area (Å²) in [6.45, 7) is 11.8. The Morgan fingerprint density at radius 2 is 2.29 bits per heavy atom. The molecule has 1 heterocycles. The summed E-state index contributed by atoms with van der Waals surface area (Å²) in [6, 6.07) is 1.14. The van der Waals surface area contributed by atoms with Crippen LogP contribution in [0.2, 0.25) is 0 Å². The molecule has 84 valence electrons. The van der Waals surface area contributed by atoms with E-state index < -0.39 is 0 Å². The van der Waals surface area contributed by atoms with Crippen molar-refractivity contribution < 1.29 is 4.74 Å². The van der Waals surface area contributed by atoms with Gasteiger partial charge in [0, 0.05) is 25.2 Å². The summed E-state index contributed by atoms with van der Waals surface area (Å²) < 4.78 is 5.51. The molecule has 0 radical (unpaired) electrons. The Hall–Kier alpha value is -0.120. The summed E-state index contributed by atoms with van der Waals surface area (Å²) in [5.74, 6) is 0. The quantitative estimate of drug-likeness (QED) is 0.719. The smallest absolute Gasteiger partial charge is 0.0634 e. The van der Waals surface area contributed by atoms with Crippen LogP contribution < -0.4 is 5.32 Å². The van der Waals surface area contributed by atoms with Crippen molar-refractivity contribution in [1.29, 1.82) is 0 Å². The fraction of sp³-hybridized carbons (Fsp3) is 1.00. The van der Waals surface area contributed by atoms with Crippen molar-refractivity contribution in [3.8, 4) is 0 Å². The van der Waals surface area contributed by atoms with Gasteiger partial charge in [-0.15, -0.1) is 0 Å². The van der Waals surface area contributed by atoms with Gasteiger partial charge in [-0.1, -0.05) is 20.8 Å². The van der Waals surface area contributed by atoms with Gasteiger partial charge in [-0.05, 0) is 13.0 Å². The van der Waals surface area contributed by atoms with E-state index in [1.54, 1.807) is 0 Å². The standard InChI is InChI=1S/C11H24N2O/c1-4-5-13-6-7-14-9-11(13)8-12-10(2)3/h10-12H,4-9H2,1-3H3. The van der Waals surface area contributed by atoms with Crippen molar-refractivity contribution in [2.45, 2.75) is 39.3 Å². The molecule has 1 unspecified atom stereocenters. The molecule has 0 spiro atoms. The Balaban J connectivity index is 2.30. The normalized spacial score (nSPS) is 24.4. The van der Waals surface area contributed by atoms with Crippen LogP contribution in [0.3, 0.4) is 0 Å². The van der Waals surface area contributed by atoms with E-state index in [2.05, 4.69) is 31.0 Å². The minimum Gasteiger partial charge on any atom is -0.378 e. The van der Waals surface area contributed by atoms with Crippen LogP contribution in [-0.4, -0.2) is 49.8 Å². The summed E-state index contributed by atoms with van der Waals surface area (Å²) in [5.41, 5.74) is 0. The van der Waals surface area contributed by atoms with Gasteiger partial charge in [0.05, 0.1) is 13.2 Å². The fourth-order valence-electron chi connectivity index (χ4n) is 1.83. The fourth-order valence-corrected chi connectivity index (χ4v) is 1.83. The zero-order valence-electron chi connectivity index (χ0n) is 9.75. The first-order chi connectivity index (χ1) is 6.74. The van der Waals surface area contributed by atoms with Crippen molar-refractivity contribution in [1.82, 2.24) is 10.2 Å². The Kier molecular flexibility index (Phi) is 5.45. The summed E-state index contributed by atoms with van der Waals surface area (Å²) in [7, 11) is 0. The number of rotatable bonds is 5. The number of nitrogens with one attached hydrogen (secondary N) is 1. The predicted molar refractivity (Wildman–Crippen MR) is 59.6 cm³/mol. The molecule has 1 rings (SSSR count). The summed E-state index contributed by atoms with van der Waals surface area (Å²) in [4.78, 5) is 2.54. The van der Waals surface area contributed by atoms with Crippen LogP contribution in [0.25, 0.3) is 0 Å². The highest BCUT2D eigenvalue weighted by molar-refractivity contribution is 4.77. The molecule has 1 fully saturated rings. The van der Waals surface area contributed by atoms with Crippen molar-refractivity contribution in [3.05, 3.63) is 0 Å². The molecule has 0 aromatic heterocycles. The first-order valence-corrected chi connectivity index (χ1v) is 5.79. The second kappa shape index (κ2) is 6.38. The number of ether oxygens (including phenoxy) is 1. The van der Waals surface area contributed by atoms with Gasteiger partial charge in [0.15, 0.2) is 0 Å². The van der Waals surface area contributed by atoms with Gasteiger partial charge >= 0.3 is 0 Å². The van der Waals surface area contributed by atoms with E-state index in [1.807, 2.05) is 0 Å². The molecule has 3 heteroatoms. The van der Waals surface area contributed by atoms with Gasteiger partial charge in [-0.25, -0.2) is 0 Å². The molecule has 3 nitrogen and oxygen atoms in total. The van der Waals surface area contributed by atoms with Crippen molar-refractivity contribution >= 4 is 0 Å². The Morgan fingerprint density at radius 1 is 1.50 bits per heavy atom. The maximum atomic E-state index is 5.51. The number of nitrogens with zero attached hydrogens (tertiary/aromatic N) is 1. The molecule has 0 aromatic carbocycles. The molecule has 1 atom stereocenters. The minimum atomic E-state index is 0.570. The van der Waals surface area contributed by atoms with Crippen LogP contribution in [0.1, 0.15) is 27.2 Å². The van der Waals surface area contributed by atoms with E-state index in [0.717, 1.165) is 26.3 Å². The summed E-state index contributed by atoms with van der Waals surface area (Å²) in [6.07, 6.45) is 1.23. The van der Waals surface area contributed by atoms with E-state index in [9.17, 15) is 0 Å². The second-order valence-corrected chi connectivity index (χ2v) is 4.33. The van der Waals surface area contributed by atoms with E-state index in [-0.39, 0.29) is 0 Å². The monoisotopic (exact) mass is 200 g/mol. The molecule has 1 aliphatic rings. The van der Waals surface area contributed by atoms with Crippen LogP contribution >= 0.6 is 0 Å². The van der Waals surface area contributed by atoms with Crippen molar-refractivity contribution in [2.24, 2.45) is 0 Å². The van der Waals surface area contributed by atoms with Crippen LogP contribution in [0.5, 0.6) is 0 Å². The van der Waals surface area contributed by atoms with Gasteiger partial charge in [0.1, 0.15) is 0 Å². The van der Waals surface area contributed by atoms with Gasteiger partial charge in [-0.2, -0.15) is 0 Å². The molecule has 0 saturated carbocycles. The van der Waals surface area contributed by atoms with Crippen LogP contribution in [0.15, 0.2) is 0 Å². The Labute approximate surface area is 87.8 Å². The van der Waals surface area contributed by atoms with E-state index in [4.69, 9.17) is 4.74 Å². The maximum absolute atomic E-state index is 5.51. The lowest BCUT2D eigenvalue weighted by molar-refractivity contribution is -0.00716. The highest BCUT2D eigenvalue weighted by Crippen LogP contribution is 2.06. The Bertz CT molecular complexity index is 148. The zero-order valence-corrected chi connectivity index (χ0v) is 9.75. The zero-order chi connectivity index (χ0) is 10.4. The number of hydrogen-bond donors (Lipinski definition) is 1. The maximum Gasteiger partial charge on any atom is 0.0634 e. The first-order valence-electron chi connectivity index (χ1n) is 5.79. The second-order valence-electron chi connectivity index (χ2n) is 4.33. The van der Waals surface area contributed by atoms with Crippen LogP contribution in [0.4, 0.5) is 0 Å². The van der Waals surface area contributed by atoms with Gasteiger partial charge in [-0.3, -0.25) is 4.90 Å². The lowest BCUT2D eigenvalue weighted by Gasteiger charge is -2.35. The molecule has 14 heavy (non-hydrogen) atoms. The molecule has 1 saturated heterocycles. The molecule has 1 aliphatic heterocycles. The van der Waals surface area contributed by atoms with Crippen LogP contribution in [-0.2, 0) is 4.74 Å². The predicted octanol–water partition coefficient (Wildman–Crippen LogP) is 1.10. The minimum absolute atomic E-state index is 0.570. The van der Waals surface area contributed by atoms with E-state index in [1.165, 1.54) is 13.0 Å². The molecule has 1 N–H and O–H groups in total. The third-order valence-electron chi connectivity index (χ3n) is 2.62. The topological polar surface area (TPSA) is 24.5 Å². The SMILES string of the molecule is CCCN1CCOCC1CNC(C)C. The molecular weight excluding hydrogens is 176 g/mol. The van der Waals surface area contributed by atoms with Crippen molar-refractivity contribution in [2.75, 3.05) is 32.8 Å². The Morgan fingerprint density at radius 3 is 2.93 bits per heavy atom. The molecule has 0 aromatic rings. The van der Waals surface area contributed by atoms with Crippen LogP contribution in [0, 0.1) is 0 Å². The molecule has 0 bridgehead atoms. The lowest BCUT2D eigenvalue weighted by Crippen LogP contribution is -2.51. The van der Waals surface area contributed by atoms with Gasteiger partial charge in [0.2, 0.25) is 0 Å². The molecular formula is C11H24N2O. The van der Waals surface area contributed by atoms with E-state index >= 15 is 0 Å². The third-order valence-corrected chi connectivity index (χ3v) is 2.62. The van der Waals surface area contributed by atoms with E-state index in [0.29, 0.717) is 12.1 Å². The van der Waals surface area contributed by atoms with Gasteiger partial charge in [0.25, 0.3) is 0 Å². The average molecular weight is 200 g/mol.